The van der Waals surface area contributed by atoms with Crippen LogP contribution in [0.1, 0.15) is 18.9 Å². The van der Waals surface area contributed by atoms with Crippen LogP contribution in [0.3, 0.4) is 0 Å². The highest BCUT2D eigenvalue weighted by atomic mass is 32.2. The van der Waals surface area contributed by atoms with E-state index in [1.807, 2.05) is 38.1 Å². The van der Waals surface area contributed by atoms with Crippen LogP contribution < -0.4 is 5.32 Å². The second kappa shape index (κ2) is 6.79. The minimum atomic E-state index is -0.311. The van der Waals surface area contributed by atoms with E-state index >= 15 is 0 Å². The van der Waals surface area contributed by atoms with E-state index < -0.39 is 0 Å². The number of nitrogens with one attached hydrogen (secondary N) is 1. The first kappa shape index (κ1) is 14.9. The van der Waals surface area contributed by atoms with E-state index in [0.29, 0.717) is 25.3 Å². The van der Waals surface area contributed by atoms with E-state index in [9.17, 15) is 9.59 Å². The Hall–Kier alpha value is -1.49. The highest BCUT2D eigenvalue weighted by molar-refractivity contribution is 8.00. The molecule has 108 valence electrons. The number of carbonyl (C=O) groups excluding carboxylic acids is 2. The fourth-order valence-corrected chi connectivity index (χ4v) is 3.28. The molecule has 1 N–H and O–H groups in total. The molecule has 0 bridgehead atoms. The lowest BCUT2D eigenvalue weighted by Crippen LogP contribution is -2.57. The molecule has 1 heterocycles. The maximum atomic E-state index is 12.3. The Kier molecular flexibility index (Phi) is 5.06. The quantitative estimate of drug-likeness (QED) is 0.861. The third-order valence-corrected chi connectivity index (χ3v) is 4.64. The normalized spacial score (nSPS) is 18.8. The van der Waals surface area contributed by atoms with Crippen LogP contribution in [-0.4, -0.2) is 41.6 Å². The molecular weight excluding hydrogens is 272 g/mol. The number of aryl methyl sites for hydroxylation is 1. The number of hydrogen-bond donors (Lipinski definition) is 1. The van der Waals surface area contributed by atoms with Crippen LogP contribution in [0.4, 0.5) is 0 Å². The second-order valence-electron chi connectivity index (χ2n) is 4.86. The highest BCUT2D eigenvalue weighted by Gasteiger charge is 2.31. The Balaban J connectivity index is 1.97. The molecule has 1 saturated heterocycles. The van der Waals surface area contributed by atoms with E-state index in [1.54, 1.807) is 4.90 Å². The van der Waals surface area contributed by atoms with Gasteiger partial charge in [0, 0.05) is 18.0 Å². The summed E-state index contributed by atoms with van der Waals surface area (Å²) in [4.78, 5) is 26.9. The first-order chi connectivity index (χ1) is 9.63. The summed E-state index contributed by atoms with van der Waals surface area (Å²) in [5.41, 5.74) is 1.17. The van der Waals surface area contributed by atoms with Crippen LogP contribution >= 0.6 is 11.8 Å². The minimum absolute atomic E-state index is 0.0343. The first-order valence-electron chi connectivity index (χ1n) is 6.89. The van der Waals surface area contributed by atoms with Gasteiger partial charge < -0.3 is 10.2 Å². The van der Waals surface area contributed by atoms with E-state index in [4.69, 9.17) is 0 Å². The van der Waals surface area contributed by atoms with Gasteiger partial charge in [0.25, 0.3) is 0 Å². The van der Waals surface area contributed by atoms with Gasteiger partial charge in [-0.05, 0) is 25.0 Å². The van der Waals surface area contributed by atoms with Crippen molar-refractivity contribution in [1.29, 1.82) is 0 Å². The third-order valence-electron chi connectivity index (χ3n) is 3.48. The van der Waals surface area contributed by atoms with Gasteiger partial charge in [-0.3, -0.25) is 9.59 Å². The van der Waals surface area contributed by atoms with Crippen LogP contribution in [0.2, 0.25) is 0 Å². The molecule has 0 radical (unpaired) electrons. The first-order valence-corrected chi connectivity index (χ1v) is 7.87. The molecule has 4 nitrogen and oxygen atoms in total. The Morgan fingerprint density at radius 3 is 2.90 bits per heavy atom. The van der Waals surface area contributed by atoms with E-state index in [1.165, 1.54) is 17.3 Å². The monoisotopic (exact) mass is 292 g/mol. The van der Waals surface area contributed by atoms with Crippen LogP contribution in [0.15, 0.2) is 29.2 Å². The summed E-state index contributed by atoms with van der Waals surface area (Å²) >= 11 is 1.54. The summed E-state index contributed by atoms with van der Waals surface area (Å²) < 4.78 is 0. The van der Waals surface area contributed by atoms with Crippen molar-refractivity contribution < 1.29 is 9.59 Å². The highest BCUT2D eigenvalue weighted by Crippen LogP contribution is 2.22. The van der Waals surface area contributed by atoms with Crippen LogP contribution in [0.5, 0.6) is 0 Å². The summed E-state index contributed by atoms with van der Waals surface area (Å²) in [6.07, 6.45) is 0.659. The zero-order valence-corrected chi connectivity index (χ0v) is 12.7. The SMILES string of the molecule is CCC1C(=O)NCCN1C(=O)CSc1ccccc1C. The van der Waals surface area contributed by atoms with E-state index in [0.717, 1.165) is 4.90 Å². The molecule has 0 spiro atoms. The zero-order valence-electron chi connectivity index (χ0n) is 11.9. The molecule has 2 amide bonds. The van der Waals surface area contributed by atoms with Gasteiger partial charge in [-0.2, -0.15) is 0 Å². The van der Waals surface area contributed by atoms with Gasteiger partial charge in [-0.25, -0.2) is 0 Å². The van der Waals surface area contributed by atoms with Crippen molar-refractivity contribution in [1.82, 2.24) is 10.2 Å². The van der Waals surface area contributed by atoms with Crippen LogP contribution in [0.25, 0.3) is 0 Å². The third kappa shape index (κ3) is 3.33. The lowest BCUT2D eigenvalue weighted by Gasteiger charge is -2.34. The smallest absolute Gasteiger partial charge is 0.242 e. The minimum Gasteiger partial charge on any atom is -0.353 e. The molecule has 1 fully saturated rings. The Morgan fingerprint density at radius 2 is 2.20 bits per heavy atom. The maximum absolute atomic E-state index is 12.3. The summed E-state index contributed by atoms with van der Waals surface area (Å²) in [7, 11) is 0. The molecule has 5 heteroatoms. The molecule has 0 saturated carbocycles. The number of hydrogen-bond acceptors (Lipinski definition) is 3. The average molecular weight is 292 g/mol. The van der Waals surface area contributed by atoms with Gasteiger partial charge in [0.15, 0.2) is 0 Å². The molecule has 1 atom stereocenters. The maximum Gasteiger partial charge on any atom is 0.242 e. The predicted molar refractivity (Wildman–Crippen MR) is 80.7 cm³/mol. The number of piperazine rings is 1. The van der Waals surface area contributed by atoms with E-state index in [2.05, 4.69) is 5.32 Å². The van der Waals surface area contributed by atoms with Gasteiger partial charge in [0.1, 0.15) is 6.04 Å². The number of carbonyl (C=O) groups is 2. The molecule has 20 heavy (non-hydrogen) atoms. The number of thioether (sulfide) groups is 1. The number of rotatable bonds is 4. The van der Waals surface area contributed by atoms with Gasteiger partial charge in [-0.15, -0.1) is 11.8 Å². The van der Waals surface area contributed by atoms with Crippen molar-refractivity contribution >= 4 is 23.6 Å². The fourth-order valence-electron chi connectivity index (χ4n) is 2.36. The van der Waals surface area contributed by atoms with Crippen molar-refractivity contribution in [3.63, 3.8) is 0 Å². The molecule has 1 aliphatic rings. The van der Waals surface area contributed by atoms with Crippen molar-refractivity contribution in [2.24, 2.45) is 0 Å². The average Bonchev–Trinajstić information content (AvgIpc) is 2.46. The van der Waals surface area contributed by atoms with Gasteiger partial charge in [0.2, 0.25) is 11.8 Å². The molecule has 0 aliphatic carbocycles. The summed E-state index contributed by atoms with van der Waals surface area (Å²) in [6.45, 7) is 5.13. The van der Waals surface area contributed by atoms with Gasteiger partial charge >= 0.3 is 0 Å². The standard InChI is InChI=1S/C15H20N2O2S/c1-3-12-15(19)16-8-9-17(12)14(18)10-20-13-7-5-4-6-11(13)2/h4-7,12H,3,8-10H2,1-2H3,(H,16,19). The van der Waals surface area contributed by atoms with E-state index in [-0.39, 0.29) is 17.9 Å². The van der Waals surface area contributed by atoms with Gasteiger partial charge in [-0.1, -0.05) is 25.1 Å². The second-order valence-corrected chi connectivity index (χ2v) is 5.87. The lowest BCUT2D eigenvalue weighted by atomic mass is 10.1. The fraction of sp³-hybridized carbons (Fsp3) is 0.467. The Morgan fingerprint density at radius 1 is 1.45 bits per heavy atom. The van der Waals surface area contributed by atoms with Crippen LogP contribution in [-0.2, 0) is 9.59 Å². The largest absolute Gasteiger partial charge is 0.353 e. The lowest BCUT2D eigenvalue weighted by molar-refractivity contribution is -0.141. The molecule has 1 aromatic rings. The summed E-state index contributed by atoms with van der Waals surface area (Å²) in [5.74, 6) is 0.391. The summed E-state index contributed by atoms with van der Waals surface area (Å²) in [6, 6.07) is 7.71. The zero-order chi connectivity index (χ0) is 14.5. The summed E-state index contributed by atoms with van der Waals surface area (Å²) in [5, 5.41) is 2.81. The van der Waals surface area contributed by atoms with Crippen molar-refractivity contribution in [3.8, 4) is 0 Å². The van der Waals surface area contributed by atoms with Crippen molar-refractivity contribution in [2.75, 3.05) is 18.8 Å². The molecule has 1 unspecified atom stereocenters. The predicted octanol–water partition coefficient (Wildman–Crippen LogP) is 1.82. The molecular formula is C15H20N2O2S. The van der Waals surface area contributed by atoms with Crippen molar-refractivity contribution in [3.05, 3.63) is 29.8 Å². The topological polar surface area (TPSA) is 49.4 Å². The Labute approximate surface area is 123 Å². The van der Waals surface area contributed by atoms with Crippen LogP contribution in [0, 0.1) is 6.92 Å². The molecule has 2 rings (SSSR count). The molecule has 1 aromatic carbocycles. The number of benzene rings is 1. The Bertz CT molecular complexity index is 504. The van der Waals surface area contributed by atoms with Crippen molar-refractivity contribution in [2.45, 2.75) is 31.2 Å². The number of nitrogens with zero attached hydrogens (tertiary/aromatic N) is 1. The molecule has 1 aliphatic heterocycles. The molecule has 0 aromatic heterocycles. The van der Waals surface area contributed by atoms with Gasteiger partial charge in [0.05, 0.1) is 5.75 Å². The number of amides is 2.